The van der Waals surface area contributed by atoms with Gasteiger partial charge in [-0.3, -0.25) is 0 Å². The third kappa shape index (κ3) is 4.09. The van der Waals surface area contributed by atoms with Crippen molar-refractivity contribution < 1.29 is 13.0 Å². The van der Waals surface area contributed by atoms with Crippen molar-refractivity contribution in [2.75, 3.05) is 0 Å². The highest BCUT2D eigenvalue weighted by Crippen LogP contribution is 2.26. The van der Waals surface area contributed by atoms with Crippen LogP contribution in [0.5, 0.6) is 0 Å². The Morgan fingerprint density at radius 1 is 1.05 bits per heavy atom. The maximum atomic E-state index is 14.1. The monoisotopic (exact) mass is 303 g/mol. The first-order valence-corrected chi connectivity index (χ1v) is 7.86. The first-order valence-electron chi connectivity index (χ1n) is 6.71. The molecule has 0 aromatic heterocycles. The standard InChI is InChI=1S/C15H23F2NOS/c1-9(2)11-7-14(17)12(8-13(11)16)10(3)18-20(19)15(4,5)6/h7-10,18H,1-6H3. The Hall–Kier alpha value is -0.810. The highest BCUT2D eigenvalue weighted by molar-refractivity contribution is 7.84. The van der Waals surface area contributed by atoms with Crippen molar-refractivity contribution in [1.29, 1.82) is 0 Å². The Kier molecular flexibility index (Phi) is 5.44. The number of hydrogen-bond acceptors (Lipinski definition) is 1. The van der Waals surface area contributed by atoms with Crippen LogP contribution in [0.2, 0.25) is 0 Å². The van der Waals surface area contributed by atoms with Crippen LogP contribution in [0.4, 0.5) is 8.78 Å². The van der Waals surface area contributed by atoms with Crippen LogP contribution < -0.4 is 4.72 Å². The second-order valence-corrected chi connectivity index (χ2v) is 8.27. The van der Waals surface area contributed by atoms with E-state index in [0.717, 1.165) is 0 Å². The molecule has 0 aliphatic rings. The summed E-state index contributed by atoms with van der Waals surface area (Å²) < 4.78 is 42.4. The normalized spacial score (nSPS) is 15.4. The van der Waals surface area contributed by atoms with Gasteiger partial charge in [0.1, 0.15) is 11.6 Å². The van der Waals surface area contributed by atoms with Crippen LogP contribution >= 0.6 is 0 Å². The molecule has 2 unspecified atom stereocenters. The molecule has 0 heterocycles. The summed E-state index contributed by atoms with van der Waals surface area (Å²) in [7, 11) is -1.34. The van der Waals surface area contributed by atoms with Gasteiger partial charge in [0.25, 0.3) is 0 Å². The minimum absolute atomic E-state index is 0.0782. The molecule has 0 spiro atoms. The van der Waals surface area contributed by atoms with Crippen molar-refractivity contribution in [3.8, 4) is 0 Å². The van der Waals surface area contributed by atoms with Crippen LogP contribution in [-0.4, -0.2) is 8.96 Å². The summed E-state index contributed by atoms with van der Waals surface area (Å²) in [5, 5.41) is 0. The molecule has 0 amide bonds. The summed E-state index contributed by atoms with van der Waals surface area (Å²) in [6.45, 7) is 10.8. The highest BCUT2D eigenvalue weighted by atomic mass is 32.2. The Bertz CT molecular complexity index is 509. The first-order chi connectivity index (χ1) is 9.04. The van der Waals surface area contributed by atoms with Crippen molar-refractivity contribution in [3.05, 3.63) is 34.9 Å². The van der Waals surface area contributed by atoms with Gasteiger partial charge in [0.15, 0.2) is 0 Å². The molecule has 0 radical (unpaired) electrons. The summed E-state index contributed by atoms with van der Waals surface area (Å²) in [6, 6.07) is 1.90. The van der Waals surface area contributed by atoms with Crippen LogP contribution in [0.1, 0.15) is 64.6 Å². The van der Waals surface area contributed by atoms with Gasteiger partial charge >= 0.3 is 0 Å². The van der Waals surface area contributed by atoms with E-state index in [2.05, 4.69) is 4.72 Å². The topological polar surface area (TPSA) is 29.1 Å². The molecule has 1 N–H and O–H groups in total. The van der Waals surface area contributed by atoms with Gasteiger partial charge in [-0.25, -0.2) is 17.7 Å². The molecule has 20 heavy (non-hydrogen) atoms. The third-order valence-corrected chi connectivity index (χ3v) is 4.72. The molecule has 1 rings (SSSR count). The van der Waals surface area contributed by atoms with Gasteiger partial charge in [0.2, 0.25) is 0 Å². The largest absolute Gasteiger partial charge is 0.242 e. The quantitative estimate of drug-likeness (QED) is 0.887. The predicted molar refractivity (Wildman–Crippen MR) is 79.9 cm³/mol. The van der Waals surface area contributed by atoms with E-state index in [0.29, 0.717) is 5.56 Å². The molecule has 114 valence electrons. The van der Waals surface area contributed by atoms with Gasteiger partial charge in [0.05, 0.1) is 15.7 Å². The first kappa shape index (κ1) is 17.2. The van der Waals surface area contributed by atoms with Gasteiger partial charge < -0.3 is 0 Å². The Balaban J connectivity index is 3.03. The number of benzene rings is 1. The van der Waals surface area contributed by atoms with Crippen LogP contribution in [0, 0.1) is 11.6 Å². The van der Waals surface area contributed by atoms with Crippen molar-refractivity contribution in [3.63, 3.8) is 0 Å². The lowest BCUT2D eigenvalue weighted by molar-refractivity contribution is 0.543. The molecular weight excluding hydrogens is 280 g/mol. The molecule has 0 bridgehead atoms. The Morgan fingerprint density at radius 3 is 1.95 bits per heavy atom. The maximum absolute atomic E-state index is 14.1. The molecule has 0 fully saturated rings. The van der Waals surface area contributed by atoms with E-state index in [-0.39, 0.29) is 11.5 Å². The van der Waals surface area contributed by atoms with Crippen LogP contribution in [0.25, 0.3) is 0 Å². The van der Waals surface area contributed by atoms with Crippen LogP contribution in [-0.2, 0) is 11.0 Å². The average Bonchev–Trinajstić information content (AvgIpc) is 2.29. The zero-order valence-electron chi connectivity index (χ0n) is 12.9. The molecule has 0 saturated carbocycles. The Morgan fingerprint density at radius 2 is 1.50 bits per heavy atom. The van der Waals surface area contributed by atoms with Crippen molar-refractivity contribution in [2.45, 2.75) is 58.2 Å². The van der Waals surface area contributed by atoms with Gasteiger partial charge in [0, 0.05) is 11.6 Å². The van der Waals surface area contributed by atoms with E-state index >= 15 is 0 Å². The number of halogens is 2. The van der Waals surface area contributed by atoms with E-state index < -0.39 is 33.4 Å². The highest BCUT2D eigenvalue weighted by Gasteiger charge is 2.24. The smallest absolute Gasteiger partial charge is 0.128 e. The molecule has 0 aliphatic carbocycles. The fraction of sp³-hybridized carbons (Fsp3) is 0.600. The molecule has 0 saturated heterocycles. The van der Waals surface area contributed by atoms with Gasteiger partial charge in [-0.15, -0.1) is 0 Å². The summed E-state index contributed by atoms with van der Waals surface area (Å²) in [6.07, 6.45) is 0. The van der Waals surface area contributed by atoms with E-state index in [1.165, 1.54) is 12.1 Å². The molecular formula is C15H23F2NOS. The third-order valence-electron chi connectivity index (χ3n) is 3.04. The molecule has 1 aromatic rings. The van der Waals surface area contributed by atoms with E-state index in [9.17, 15) is 13.0 Å². The van der Waals surface area contributed by atoms with Crippen LogP contribution in [0.15, 0.2) is 12.1 Å². The van der Waals surface area contributed by atoms with Crippen molar-refractivity contribution >= 4 is 11.0 Å². The predicted octanol–water partition coefficient (Wildman–Crippen LogP) is 4.20. The second kappa shape index (κ2) is 6.31. The van der Waals surface area contributed by atoms with Crippen molar-refractivity contribution in [2.24, 2.45) is 0 Å². The maximum Gasteiger partial charge on any atom is 0.128 e. The molecule has 2 nitrogen and oxygen atoms in total. The average molecular weight is 303 g/mol. The van der Waals surface area contributed by atoms with Gasteiger partial charge in [-0.2, -0.15) is 0 Å². The lowest BCUT2D eigenvalue weighted by Gasteiger charge is -2.23. The minimum Gasteiger partial charge on any atom is -0.242 e. The fourth-order valence-electron chi connectivity index (χ4n) is 1.75. The van der Waals surface area contributed by atoms with Gasteiger partial charge in [-0.05, 0) is 51.3 Å². The van der Waals surface area contributed by atoms with Crippen LogP contribution in [0.3, 0.4) is 0 Å². The number of nitrogens with one attached hydrogen (secondary N) is 1. The SMILES string of the molecule is CC(C)c1cc(F)c(C(C)NS(=O)C(C)(C)C)cc1F. The second-order valence-electron chi connectivity index (χ2n) is 6.27. The fourth-order valence-corrected chi connectivity index (χ4v) is 2.55. The lowest BCUT2D eigenvalue weighted by Crippen LogP contribution is -2.35. The summed E-state index contributed by atoms with van der Waals surface area (Å²) in [4.78, 5) is 0. The van der Waals surface area contributed by atoms with E-state index in [1.807, 2.05) is 34.6 Å². The molecule has 1 aromatic carbocycles. The summed E-state index contributed by atoms with van der Waals surface area (Å²) >= 11 is 0. The molecule has 2 atom stereocenters. The summed E-state index contributed by atoms with van der Waals surface area (Å²) in [5.41, 5.74) is 0.555. The van der Waals surface area contributed by atoms with E-state index in [4.69, 9.17) is 0 Å². The minimum atomic E-state index is -1.34. The molecule has 5 heteroatoms. The van der Waals surface area contributed by atoms with E-state index in [1.54, 1.807) is 6.92 Å². The zero-order valence-corrected chi connectivity index (χ0v) is 13.7. The lowest BCUT2D eigenvalue weighted by atomic mass is 9.98. The van der Waals surface area contributed by atoms with Crippen molar-refractivity contribution in [1.82, 2.24) is 4.72 Å². The number of hydrogen-bond donors (Lipinski definition) is 1. The zero-order chi connectivity index (χ0) is 15.7. The molecule has 0 aliphatic heterocycles. The Labute approximate surface area is 122 Å². The van der Waals surface area contributed by atoms with Gasteiger partial charge in [-0.1, -0.05) is 13.8 Å². The summed E-state index contributed by atoms with van der Waals surface area (Å²) in [5.74, 6) is -0.974. The number of rotatable bonds is 4.